The summed E-state index contributed by atoms with van der Waals surface area (Å²) in [6.45, 7) is 1.80. The SMILES string of the molecule is COC(=O)C(C)CNC(=O)c1cc(Cl)c(N)cc1OC.Cl. The second-order valence-corrected chi connectivity index (χ2v) is 4.62. The number of ether oxygens (including phenoxy) is 2. The van der Waals surface area contributed by atoms with E-state index in [2.05, 4.69) is 10.1 Å². The number of anilines is 1. The van der Waals surface area contributed by atoms with E-state index in [4.69, 9.17) is 22.1 Å². The molecule has 1 atom stereocenters. The number of esters is 1. The number of hydrogen-bond donors (Lipinski definition) is 2. The Hall–Kier alpha value is -1.66. The summed E-state index contributed by atoms with van der Waals surface area (Å²) in [5.74, 6) is -0.929. The maximum atomic E-state index is 12.1. The Balaban J connectivity index is 0.00000400. The van der Waals surface area contributed by atoms with Crippen molar-refractivity contribution < 1.29 is 19.1 Å². The van der Waals surface area contributed by atoms with Crippen LogP contribution in [0.15, 0.2) is 12.1 Å². The second-order valence-electron chi connectivity index (χ2n) is 4.21. The third kappa shape index (κ3) is 4.99. The number of methoxy groups -OCH3 is 2. The minimum absolute atomic E-state index is 0. The molecule has 6 nitrogen and oxygen atoms in total. The Labute approximate surface area is 134 Å². The van der Waals surface area contributed by atoms with Crippen LogP contribution < -0.4 is 15.8 Å². The number of benzene rings is 1. The highest BCUT2D eigenvalue weighted by Crippen LogP contribution is 2.28. The van der Waals surface area contributed by atoms with Gasteiger partial charge in [0, 0.05) is 12.6 Å². The molecule has 0 aromatic heterocycles. The summed E-state index contributed by atoms with van der Waals surface area (Å²) < 4.78 is 9.66. The van der Waals surface area contributed by atoms with E-state index in [0.717, 1.165) is 0 Å². The average molecular weight is 337 g/mol. The Bertz CT molecular complexity index is 523. The lowest BCUT2D eigenvalue weighted by molar-refractivity contribution is -0.144. The first-order chi connectivity index (χ1) is 9.40. The van der Waals surface area contributed by atoms with Crippen molar-refractivity contribution in [2.24, 2.45) is 5.92 Å². The molecule has 0 heterocycles. The van der Waals surface area contributed by atoms with Crippen LogP contribution in [0.3, 0.4) is 0 Å². The summed E-state index contributed by atoms with van der Waals surface area (Å²) >= 11 is 5.89. The third-order valence-electron chi connectivity index (χ3n) is 2.74. The maximum absolute atomic E-state index is 12.1. The monoisotopic (exact) mass is 336 g/mol. The minimum Gasteiger partial charge on any atom is -0.496 e. The zero-order valence-corrected chi connectivity index (χ0v) is 13.5. The summed E-state index contributed by atoms with van der Waals surface area (Å²) in [4.78, 5) is 23.3. The summed E-state index contributed by atoms with van der Waals surface area (Å²) in [6.07, 6.45) is 0. The zero-order valence-electron chi connectivity index (χ0n) is 11.9. The molecular formula is C13H18Cl2N2O4. The normalized spacial score (nSPS) is 11.0. The van der Waals surface area contributed by atoms with Crippen molar-refractivity contribution in [3.05, 3.63) is 22.7 Å². The summed E-state index contributed by atoms with van der Waals surface area (Å²) in [7, 11) is 2.72. The number of rotatable bonds is 5. The molecule has 0 radical (unpaired) electrons. The number of amides is 1. The predicted molar refractivity (Wildman–Crippen MR) is 83.2 cm³/mol. The number of carbonyl (C=O) groups excluding carboxylic acids is 2. The fraction of sp³-hybridized carbons (Fsp3) is 0.385. The molecule has 0 bridgehead atoms. The first-order valence-corrected chi connectivity index (χ1v) is 6.27. The first-order valence-electron chi connectivity index (χ1n) is 5.89. The average Bonchev–Trinajstić information content (AvgIpc) is 2.45. The molecule has 0 aliphatic carbocycles. The molecule has 0 fully saturated rings. The van der Waals surface area contributed by atoms with E-state index in [1.807, 2.05) is 0 Å². The van der Waals surface area contributed by atoms with Crippen molar-refractivity contribution >= 4 is 41.6 Å². The van der Waals surface area contributed by atoms with Gasteiger partial charge >= 0.3 is 5.97 Å². The molecule has 21 heavy (non-hydrogen) atoms. The quantitative estimate of drug-likeness (QED) is 0.632. The smallest absolute Gasteiger partial charge is 0.310 e. The Kier molecular flexibility index (Phi) is 7.91. The number of nitrogen functional groups attached to an aromatic ring is 1. The zero-order chi connectivity index (χ0) is 15.3. The highest BCUT2D eigenvalue weighted by atomic mass is 35.5. The highest BCUT2D eigenvalue weighted by molar-refractivity contribution is 6.33. The van der Waals surface area contributed by atoms with E-state index in [1.165, 1.54) is 26.4 Å². The lowest BCUT2D eigenvalue weighted by Gasteiger charge is -2.13. The van der Waals surface area contributed by atoms with Gasteiger partial charge in [-0.05, 0) is 6.07 Å². The van der Waals surface area contributed by atoms with Crippen molar-refractivity contribution in [2.45, 2.75) is 6.92 Å². The molecule has 1 aromatic carbocycles. The van der Waals surface area contributed by atoms with E-state index < -0.39 is 17.8 Å². The molecule has 1 rings (SSSR count). The van der Waals surface area contributed by atoms with Crippen molar-refractivity contribution in [1.82, 2.24) is 5.32 Å². The fourth-order valence-electron chi connectivity index (χ4n) is 1.54. The molecular weight excluding hydrogens is 319 g/mol. The van der Waals surface area contributed by atoms with Crippen molar-refractivity contribution in [3.8, 4) is 5.75 Å². The summed E-state index contributed by atoms with van der Waals surface area (Å²) in [5.41, 5.74) is 6.22. The number of hydrogen-bond acceptors (Lipinski definition) is 5. The molecule has 1 aromatic rings. The van der Waals surface area contributed by atoms with Gasteiger partial charge in [-0.3, -0.25) is 9.59 Å². The Morgan fingerprint density at radius 3 is 2.52 bits per heavy atom. The number of halogens is 2. The topological polar surface area (TPSA) is 90.7 Å². The van der Waals surface area contributed by atoms with Crippen LogP contribution in [0.1, 0.15) is 17.3 Å². The fourth-order valence-corrected chi connectivity index (χ4v) is 1.70. The van der Waals surface area contributed by atoms with Gasteiger partial charge in [-0.15, -0.1) is 12.4 Å². The molecule has 8 heteroatoms. The lowest BCUT2D eigenvalue weighted by atomic mass is 10.1. The minimum atomic E-state index is -0.445. The van der Waals surface area contributed by atoms with Crippen LogP contribution in [0.2, 0.25) is 5.02 Å². The van der Waals surface area contributed by atoms with Crippen LogP contribution in [0.25, 0.3) is 0 Å². The second kappa shape index (κ2) is 8.59. The third-order valence-corrected chi connectivity index (χ3v) is 3.06. The van der Waals surface area contributed by atoms with Gasteiger partial charge in [-0.1, -0.05) is 18.5 Å². The van der Waals surface area contributed by atoms with Crippen molar-refractivity contribution in [1.29, 1.82) is 0 Å². The summed E-state index contributed by atoms with van der Waals surface area (Å²) in [6, 6.07) is 2.90. The Morgan fingerprint density at radius 1 is 1.38 bits per heavy atom. The molecule has 0 aliphatic heterocycles. The number of nitrogens with one attached hydrogen (secondary N) is 1. The van der Waals surface area contributed by atoms with Crippen LogP contribution in [-0.2, 0) is 9.53 Å². The molecule has 118 valence electrons. The first kappa shape index (κ1) is 19.3. The van der Waals surface area contributed by atoms with Gasteiger partial charge in [-0.25, -0.2) is 0 Å². The lowest BCUT2D eigenvalue weighted by Crippen LogP contribution is -2.32. The largest absolute Gasteiger partial charge is 0.496 e. The van der Waals surface area contributed by atoms with E-state index in [-0.39, 0.29) is 29.5 Å². The summed E-state index contributed by atoms with van der Waals surface area (Å²) in [5, 5.41) is 2.88. The standard InChI is InChI=1S/C13H17ClN2O4.ClH/c1-7(13(18)20-3)6-16-12(17)8-4-9(14)10(15)5-11(8)19-2;/h4-5,7H,6,15H2,1-3H3,(H,16,17);1H. The molecule has 0 saturated heterocycles. The van der Waals surface area contributed by atoms with Crippen LogP contribution in [0.4, 0.5) is 5.69 Å². The van der Waals surface area contributed by atoms with Gasteiger partial charge < -0.3 is 20.5 Å². The van der Waals surface area contributed by atoms with Crippen LogP contribution in [0, 0.1) is 5.92 Å². The van der Waals surface area contributed by atoms with Crippen LogP contribution in [0.5, 0.6) is 5.75 Å². The van der Waals surface area contributed by atoms with Crippen molar-refractivity contribution in [3.63, 3.8) is 0 Å². The molecule has 3 N–H and O–H groups in total. The van der Waals surface area contributed by atoms with Crippen molar-refractivity contribution in [2.75, 3.05) is 26.5 Å². The van der Waals surface area contributed by atoms with E-state index in [0.29, 0.717) is 11.4 Å². The number of carbonyl (C=O) groups is 2. The van der Waals surface area contributed by atoms with Gasteiger partial charge in [0.25, 0.3) is 5.91 Å². The van der Waals surface area contributed by atoms with E-state index in [1.54, 1.807) is 6.92 Å². The van der Waals surface area contributed by atoms with Gasteiger partial charge in [0.2, 0.25) is 0 Å². The van der Waals surface area contributed by atoms with E-state index >= 15 is 0 Å². The maximum Gasteiger partial charge on any atom is 0.310 e. The van der Waals surface area contributed by atoms with Gasteiger partial charge in [0.05, 0.1) is 36.4 Å². The molecule has 0 spiro atoms. The molecule has 1 amide bonds. The van der Waals surface area contributed by atoms with E-state index in [9.17, 15) is 9.59 Å². The van der Waals surface area contributed by atoms with Gasteiger partial charge in [0.15, 0.2) is 0 Å². The molecule has 0 aliphatic rings. The van der Waals surface area contributed by atoms with Crippen LogP contribution in [-0.4, -0.2) is 32.6 Å². The molecule has 0 saturated carbocycles. The highest BCUT2D eigenvalue weighted by Gasteiger charge is 2.18. The number of nitrogens with two attached hydrogens (primary N) is 1. The van der Waals surface area contributed by atoms with Gasteiger partial charge in [-0.2, -0.15) is 0 Å². The molecule has 1 unspecified atom stereocenters. The predicted octanol–water partition coefficient (Wildman–Crippen LogP) is 1.89. The Morgan fingerprint density at radius 2 is 2.00 bits per heavy atom. The van der Waals surface area contributed by atoms with Crippen LogP contribution >= 0.6 is 24.0 Å². The van der Waals surface area contributed by atoms with Gasteiger partial charge in [0.1, 0.15) is 5.75 Å².